The number of methoxy groups -OCH3 is 1. The number of hydrogen-bond acceptors (Lipinski definition) is 7. The third-order valence-electron chi connectivity index (χ3n) is 9.71. The summed E-state index contributed by atoms with van der Waals surface area (Å²) < 4.78 is 5.79. The Morgan fingerprint density at radius 3 is 2.64 bits per heavy atom. The molecule has 0 radical (unpaired) electrons. The number of aryl methyl sites for hydroxylation is 1. The van der Waals surface area contributed by atoms with Gasteiger partial charge < -0.3 is 24.8 Å². The minimum atomic E-state index is -0.935. The van der Waals surface area contributed by atoms with Crippen LogP contribution in [0.2, 0.25) is 0 Å². The molecule has 1 aromatic carbocycles. The van der Waals surface area contributed by atoms with Crippen LogP contribution < -0.4 is 5.32 Å². The summed E-state index contributed by atoms with van der Waals surface area (Å²) in [6.45, 7) is 4.85. The average Bonchev–Trinajstić information content (AvgIpc) is 3.75. The molecule has 0 aromatic heterocycles. The van der Waals surface area contributed by atoms with Crippen molar-refractivity contribution in [1.29, 1.82) is 10.7 Å². The largest absolute Gasteiger partial charge is 0.484 e. The number of amides is 2. The smallest absolute Gasteiger partial charge is 0.253 e. The van der Waals surface area contributed by atoms with E-state index in [4.69, 9.17) is 4.74 Å². The Kier molecular flexibility index (Phi) is 8.85. The van der Waals surface area contributed by atoms with E-state index in [1.807, 2.05) is 37.2 Å². The Bertz CT molecular complexity index is 1510. The lowest BCUT2D eigenvalue weighted by molar-refractivity contribution is -0.131. The van der Waals surface area contributed by atoms with Crippen molar-refractivity contribution in [2.45, 2.75) is 56.0 Å². The first-order valence-corrected chi connectivity index (χ1v) is 15.4. The predicted molar refractivity (Wildman–Crippen MR) is 171 cm³/mol. The lowest BCUT2D eigenvalue weighted by Gasteiger charge is -2.37. The van der Waals surface area contributed by atoms with E-state index in [0.717, 1.165) is 53.7 Å². The van der Waals surface area contributed by atoms with Gasteiger partial charge in [0.2, 0.25) is 5.91 Å². The number of carbonyl (C=O) groups is 2. The van der Waals surface area contributed by atoms with E-state index in [1.54, 1.807) is 23.9 Å². The second-order valence-electron chi connectivity index (χ2n) is 12.7. The fourth-order valence-corrected chi connectivity index (χ4v) is 7.19. The van der Waals surface area contributed by atoms with Crippen molar-refractivity contribution in [3.63, 3.8) is 0 Å². The number of allylic oxidation sites excluding steroid dienone is 4. The van der Waals surface area contributed by atoms with Gasteiger partial charge in [0.25, 0.3) is 5.91 Å². The highest BCUT2D eigenvalue weighted by Crippen LogP contribution is 2.48. The van der Waals surface area contributed by atoms with E-state index < -0.39 is 5.41 Å². The molecule has 0 bridgehead atoms. The van der Waals surface area contributed by atoms with Crippen molar-refractivity contribution >= 4 is 17.7 Å². The molecular formula is C35H44N6O3. The van der Waals surface area contributed by atoms with Crippen LogP contribution in [0.1, 0.15) is 53.6 Å². The Hall–Kier alpha value is -4.16. The molecule has 1 saturated carbocycles. The van der Waals surface area contributed by atoms with Gasteiger partial charge in [-0.15, -0.1) is 0 Å². The number of hydrogen-bond donors (Lipinski definition) is 2. The standard InChI is InChI=1S/C35H44N6O3/c1-22(39(2)3)23-7-8-24-9-10-25-17-26(33(43)40(4)5)12-14-30(25)35(34(37)44-6,29(24)13-11-23)15-16-38-21-32(42)41-28(20-36)18-27-19-31(27)41/h7,11-14,17,27-28,31,37-38H,1,8-10,15-16,18-19,21H2,2-6H3. The molecule has 9 heteroatoms. The van der Waals surface area contributed by atoms with Crippen molar-refractivity contribution in [2.75, 3.05) is 48.4 Å². The highest BCUT2D eigenvalue weighted by molar-refractivity contribution is 5.96. The third-order valence-corrected chi connectivity index (χ3v) is 9.71. The summed E-state index contributed by atoms with van der Waals surface area (Å²) in [5.41, 5.74) is 5.83. The summed E-state index contributed by atoms with van der Waals surface area (Å²) in [6.07, 6.45) is 10.8. The zero-order valence-electron chi connectivity index (χ0n) is 26.6. The van der Waals surface area contributed by atoms with Crippen LogP contribution in [-0.4, -0.2) is 92.9 Å². The van der Waals surface area contributed by atoms with Gasteiger partial charge in [0.1, 0.15) is 6.04 Å². The maximum atomic E-state index is 13.2. The molecule has 4 aliphatic rings. The molecule has 5 rings (SSSR count). The molecule has 1 aromatic rings. The molecule has 0 spiro atoms. The molecule has 3 aliphatic carbocycles. The van der Waals surface area contributed by atoms with Crippen LogP contribution in [0.4, 0.5) is 0 Å². The van der Waals surface area contributed by atoms with Gasteiger partial charge >= 0.3 is 0 Å². The summed E-state index contributed by atoms with van der Waals surface area (Å²) >= 11 is 0. The SMILES string of the molecule is C=C(C1=CCC2=C(C=C1)C(CCNCC(=O)N1C(C#N)CC3CC31)(C(=N)OC)c1ccc(C(=O)N(C)C)cc1CC2)N(C)C. The van der Waals surface area contributed by atoms with Crippen LogP contribution >= 0.6 is 0 Å². The number of likely N-dealkylation sites (tertiary alicyclic amines) is 1. The molecular weight excluding hydrogens is 552 g/mol. The fraction of sp³-hybridized carbons (Fsp3) is 0.486. The number of nitriles is 1. The zero-order valence-corrected chi connectivity index (χ0v) is 26.6. The van der Waals surface area contributed by atoms with Gasteiger partial charge in [-0.3, -0.25) is 15.0 Å². The lowest BCUT2D eigenvalue weighted by atomic mass is 9.68. The first-order chi connectivity index (χ1) is 21.0. The van der Waals surface area contributed by atoms with E-state index in [-0.39, 0.29) is 36.3 Å². The van der Waals surface area contributed by atoms with Gasteiger partial charge in [0.15, 0.2) is 5.90 Å². The summed E-state index contributed by atoms with van der Waals surface area (Å²) in [6, 6.07) is 7.97. The summed E-state index contributed by atoms with van der Waals surface area (Å²) in [7, 11) is 8.98. The van der Waals surface area contributed by atoms with Gasteiger partial charge in [0, 0.05) is 45.5 Å². The number of nitrogens with one attached hydrogen (secondary N) is 2. The average molecular weight is 597 g/mol. The van der Waals surface area contributed by atoms with Crippen molar-refractivity contribution < 1.29 is 14.3 Å². The maximum absolute atomic E-state index is 13.2. The van der Waals surface area contributed by atoms with Gasteiger partial charge in [-0.1, -0.05) is 36.4 Å². The van der Waals surface area contributed by atoms with Crippen LogP contribution in [0.5, 0.6) is 0 Å². The van der Waals surface area contributed by atoms with Crippen molar-refractivity contribution in [2.24, 2.45) is 5.92 Å². The van der Waals surface area contributed by atoms with Gasteiger partial charge in [0.05, 0.1) is 25.1 Å². The molecule has 2 fully saturated rings. The van der Waals surface area contributed by atoms with Gasteiger partial charge in [-0.25, -0.2) is 0 Å². The maximum Gasteiger partial charge on any atom is 0.253 e. The Labute approximate surface area is 261 Å². The van der Waals surface area contributed by atoms with E-state index in [1.165, 1.54) is 12.7 Å². The Morgan fingerprint density at radius 1 is 1.18 bits per heavy atom. The zero-order chi connectivity index (χ0) is 31.8. The molecule has 1 saturated heterocycles. The van der Waals surface area contributed by atoms with Crippen LogP contribution in [0.25, 0.3) is 0 Å². The second kappa shape index (κ2) is 12.4. The highest BCUT2D eigenvalue weighted by atomic mass is 16.5. The van der Waals surface area contributed by atoms with Crippen LogP contribution in [0.3, 0.4) is 0 Å². The number of piperidine rings is 1. The highest BCUT2D eigenvalue weighted by Gasteiger charge is 2.54. The molecule has 44 heavy (non-hydrogen) atoms. The van der Waals surface area contributed by atoms with Crippen molar-refractivity contribution in [1.82, 2.24) is 20.0 Å². The fourth-order valence-electron chi connectivity index (χ4n) is 7.19. The monoisotopic (exact) mass is 596 g/mol. The third kappa shape index (κ3) is 5.59. The van der Waals surface area contributed by atoms with Crippen molar-refractivity contribution in [3.8, 4) is 6.07 Å². The van der Waals surface area contributed by atoms with E-state index in [0.29, 0.717) is 30.9 Å². The second-order valence-corrected chi connectivity index (χ2v) is 12.7. The number of ether oxygens (including phenoxy) is 1. The molecule has 2 amide bonds. The minimum absolute atomic E-state index is 0.0455. The number of rotatable bonds is 9. The number of benzene rings is 1. The molecule has 1 heterocycles. The van der Waals surface area contributed by atoms with E-state index >= 15 is 0 Å². The van der Waals surface area contributed by atoms with E-state index in [9.17, 15) is 20.3 Å². The first kappa shape index (κ1) is 31.3. The number of likely N-dealkylation sites (N-methyl/N-ethyl adjacent to an activating group) is 1. The van der Waals surface area contributed by atoms with Crippen LogP contribution in [-0.2, 0) is 21.4 Å². The molecule has 2 N–H and O–H groups in total. The number of carbonyl (C=O) groups excluding carboxylic acids is 2. The Morgan fingerprint density at radius 2 is 1.95 bits per heavy atom. The summed E-state index contributed by atoms with van der Waals surface area (Å²) in [5, 5.41) is 22.2. The first-order valence-electron chi connectivity index (χ1n) is 15.4. The minimum Gasteiger partial charge on any atom is -0.484 e. The van der Waals surface area contributed by atoms with Gasteiger partial charge in [-0.2, -0.15) is 5.26 Å². The van der Waals surface area contributed by atoms with Gasteiger partial charge in [-0.05, 0) is 85.4 Å². The molecule has 4 atom stereocenters. The molecule has 232 valence electrons. The topological polar surface area (TPSA) is 113 Å². The van der Waals surface area contributed by atoms with E-state index in [2.05, 4.69) is 36.2 Å². The van der Waals surface area contributed by atoms with Crippen LogP contribution in [0, 0.1) is 22.7 Å². The normalized spacial score (nSPS) is 25.0. The molecule has 1 aliphatic heterocycles. The lowest BCUT2D eigenvalue weighted by Crippen LogP contribution is -2.45. The molecule has 9 nitrogen and oxygen atoms in total. The summed E-state index contributed by atoms with van der Waals surface area (Å²) in [4.78, 5) is 31.4. The number of nitrogens with zero attached hydrogens (tertiary/aromatic N) is 4. The quantitative estimate of drug-likeness (QED) is 0.254. The van der Waals surface area contributed by atoms with Crippen LogP contribution in [0.15, 0.2) is 65.4 Å². The summed E-state index contributed by atoms with van der Waals surface area (Å²) in [5.74, 6) is 0.479. The molecule has 4 unspecified atom stereocenters. The Balaban J connectivity index is 1.50. The van der Waals surface area contributed by atoms with Crippen molar-refractivity contribution in [3.05, 3.63) is 82.1 Å². The predicted octanol–water partition coefficient (Wildman–Crippen LogP) is 3.95. The number of fused-ring (bicyclic) bond motifs is 2.